The van der Waals surface area contributed by atoms with Crippen molar-refractivity contribution in [2.24, 2.45) is 5.92 Å². The van der Waals surface area contributed by atoms with Crippen LogP contribution in [-0.4, -0.2) is 6.29 Å². The van der Waals surface area contributed by atoms with Gasteiger partial charge in [-0.25, -0.2) is 0 Å². The molecule has 1 radical (unpaired) electrons. The first-order chi connectivity index (χ1) is 10.3. The second-order valence-corrected chi connectivity index (χ2v) is 6.79. The first kappa shape index (κ1) is 20.7. The van der Waals surface area contributed by atoms with Crippen molar-refractivity contribution in [3.8, 4) is 0 Å². The number of hydrogen-bond donors (Lipinski definition) is 0. The van der Waals surface area contributed by atoms with Gasteiger partial charge in [-0.05, 0) is 12.3 Å². The average molecular weight is 296 g/mol. The molecule has 125 valence electrons. The van der Waals surface area contributed by atoms with Gasteiger partial charge in [-0.3, -0.25) is 4.79 Å². The molecule has 0 saturated carbocycles. The van der Waals surface area contributed by atoms with Gasteiger partial charge in [0.25, 0.3) is 0 Å². The molecule has 0 aliphatic carbocycles. The van der Waals surface area contributed by atoms with E-state index >= 15 is 0 Å². The molecule has 0 N–H and O–H groups in total. The zero-order valence-electron chi connectivity index (χ0n) is 14.8. The average Bonchev–Trinajstić information content (AvgIpc) is 2.50. The van der Waals surface area contributed by atoms with Gasteiger partial charge in [-0.2, -0.15) is 0 Å². The molecule has 0 aromatic heterocycles. The van der Waals surface area contributed by atoms with Crippen LogP contribution in [-0.2, 0) is 4.79 Å². The van der Waals surface area contributed by atoms with Gasteiger partial charge >= 0.3 is 0 Å². The molecule has 0 rings (SSSR count). The van der Waals surface area contributed by atoms with Crippen molar-refractivity contribution in [3.05, 3.63) is 0 Å². The molecule has 1 nitrogen and oxygen atoms in total. The first-order valence-corrected chi connectivity index (χ1v) is 9.66. The van der Waals surface area contributed by atoms with Gasteiger partial charge in [-0.1, -0.05) is 104 Å². The smallest absolute Gasteiger partial charge is 0.198 e. The Balaban J connectivity index is 2.98. The number of carbonyl (C=O) groups excluding carboxylic acids is 1. The van der Waals surface area contributed by atoms with Gasteiger partial charge < -0.3 is 0 Å². The Morgan fingerprint density at radius 3 is 1.43 bits per heavy atom. The highest BCUT2D eigenvalue weighted by atomic mass is 16.1. The zero-order valence-corrected chi connectivity index (χ0v) is 14.8. The van der Waals surface area contributed by atoms with Crippen LogP contribution >= 0.6 is 0 Å². The Labute approximate surface area is 134 Å². The van der Waals surface area contributed by atoms with Gasteiger partial charge in [0.1, 0.15) is 0 Å². The van der Waals surface area contributed by atoms with E-state index in [0.29, 0.717) is 6.42 Å². The van der Waals surface area contributed by atoms with Crippen LogP contribution in [0, 0.1) is 5.92 Å². The summed E-state index contributed by atoms with van der Waals surface area (Å²) in [5, 5.41) is 0. The molecule has 0 bridgehead atoms. The summed E-state index contributed by atoms with van der Waals surface area (Å²) >= 11 is 0. The summed E-state index contributed by atoms with van der Waals surface area (Å²) in [7, 11) is 0. The lowest BCUT2D eigenvalue weighted by molar-refractivity contribution is 0.468. The fourth-order valence-corrected chi connectivity index (χ4v) is 2.84. The maximum absolute atomic E-state index is 10.0. The highest BCUT2D eigenvalue weighted by Gasteiger charge is 1.98. The zero-order chi connectivity index (χ0) is 15.6. The van der Waals surface area contributed by atoms with Gasteiger partial charge in [0.2, 0.25) is 0 Å². The highest BCUT2D eigenvalue weighted by molar-refractivity contribution is 5.50. The minimum Gasteiger partial charge on any atom is -0.291 e. The molecule has 1 unspecified atom stereocenters. The van der Waals surface area contributed by atoms with Crippen LogP contribution < -0.4 is 0 Å². The molecule has 0 heterocycles. The van der Waals surface area contributed by atoms with Crippen LogP contribution in [0.15, 0.2) is 0 Å². The summed E-state index contributed by atoms with van der Waals surface area (Å²) in [5.41, 5.74) is 0. The Kier molecular flexibility index (Phi) is 17.4. The molecule has 0 aliphatic rings. The molecular weight excluding hydrogens is 256 g/mol. The Morgan fingerprint density at radius 2 is 1.05 bits per heavy atom. The van der Waals surface area contributed by atoms with Crippen molar-refractivity contribution in [2.45, 2.75) is 117 Å². The molecule has 1 atom stereocenters. The Bertz CT molecular complexity index is 200. The van der Waals surface area contributed by atoms with Crippen LogP contribution in [0.5, 0.6) is 0 Å². The fraction of sp³-hybridized carbons (Fsp3) is 0.950. The van der Waals surface area contributed by atoms with E-state index in [1.165, 1.54) is 89.9 Å². The number of unbranched alkanes of at least 4 members (excludes halogenated alkanes) is 13. The lowest BCUT2D eigenvalue weighted by Gasteiger charge is -2.07. The van der Waals surface area contributed by atoms with E-state index in [9.17, 15) is 4.79 Å². The van der Waals surface area contributed by atoms with E-state index in [0.717, 1.165) is 12.3 Å². The maximum atomic E-state index is 10.0. The largest absolute Gasteiger partial charge is 0.291 e. The van der Waals surface area contributed by atoms with E-state index in [4.69, 9.17) is 0 Å². The predicted octanol–water partition coefficient (Wildman–Crippen LogP) is 6.99. The van der Waals surface area contributed by atoms with Gasteiger partial charge in [-0.15, -0.1) is 0 Å². The molecule has 0 amide bonds. The topological polar surface area (TPSA) is 17.1 Å². The second kappa shape index (κ2) is 17.7. The number of rotatable bonds is 17. The Hall–Kier alpha value is -0.330. The molecule has 0 aromatic carbocycles. The van der Waals surface area contributed by atoms with Crippen LogP contribution in [0.4, 0.5) is 0 Å². The van der Waals surface area contributed by atoms with Crippen LogP contribution in [0.25, 0.3) is 0 Å². The van der Waals surface area contributed by atoms with Crippen LogP contribution in [0.1, 0.15) is 117 Å². The summed E-state index contributed by atoms with van der Waals surface area (Å²) in [4.78, 5) is 10.0. The van der Waals surface area contributed by atoms with Crippen molar-refractivity contribution in [3.63, 3.8) is 0 Å². The van der Waals surface area contributed by atoms with Crippen molar-refractivity contribution in [1.82, 2.24) is 0 Å². The summed E-state index contributed by atoms with van der Waals surface area (Å²) in [6, 6.07) is 0. The molecule has 1 heteroatoms. The minimum atomic E-state index is 0.636. The number of hydrogen-bond acceptors (Lipinski definition) is 1. The molecule has 0 aromatic rings. The van der Waals surface area contributed by atoms with E-state index in [-0.39, 0.29) is 0 Å². The first-order valence-electron chi connectivity index (χ1n) is 9.66. The molecule has 0 fully saturated rings. The predicted molar refractivity (Wildman–Crippen MR) is 94.4 cm³/mol. The van der Waals surface area contributed by atoms with Gasteiger partial charge in [0, 0.05) is 6.42 Å². The standard InChI is InChI=1S/C20H39O/c1-3-20(2)18-16-14-12-10-8-6-4-5-7-9-11-13-15-17-19-21/h20H,3-18H2,1-2H3. The van der Waals surface area contributed by atoms with Crippen molar-refractivity contribution in [1.29, 1.82) is 0 Å². The molecule has 0 saturated heterocycles. The Morgan fingerprint density at radius 1 is 0.667 bits per heavy atom. The van der Waals surface area contributed by atoms with Crippen molar-refractivity contribution >= 4 is 6.29 Å². The quantitative estimate of drug-likeness (QED) is 0.264. The minimum absolute atomic E-state index is 0.636. The summed E-state index contributed by atoms with van der Waals surface area (Å²) in [6.07, 6.45) is 23.2. The molecule has 0 spiro atoms. The summed E-state index contributed by atoms with van der Waals surface area (Å²) < 4.78 is 0. The van der Waals surface area contributed by atoms with E-state index < -0.39 is 0 Å². The van der Waals surface area contributed by atoms with E-state index in [1.807, 2.05) is 6.29 Å². The van der Waals surface area contributed by atoms with Gasteiger partial charge in [0.15, 0.2) is 6.29 Å². The second-order valence-electron chi connectivity index (χ2n) is 6.79. The van der Waals surface area contributed by atoms with Crippen molar-refractivity contribution < 1.29 is 4.79 Å². The van der Waals surface area contributed by atoms with Gasteiger partial charge in [0.05, 0.1) is 0 Å². The third kappa shape index (κ3) is 17.6. The SMILES string of the molecule is CCC(C)CCCCCCCCCCCCCCC[C]=O. The summed E-state index contributed by atoms with van der Waals surface area (Å²) in [6.45, 7) is 4.68. The molecular formula is C20H39O. The lowest BCUT2D eigenvalue weighted by Crippen LogP contribution is -1.91. The summed E-state index contributed by atoms with van der Waals surface area (Å²) in [5.74, 6) is 0.932. The third-order valence-electron chi connectivity index (χ3n) is 4.67. The highest BCUT2D eigenvalue weighted by Crippen LogP contribution is 2.15. The molecule has 21 heavy (non-hydrogen) atoms. The van der Waals surface area contributed by atoms with Crippen LogP contribution in [0.3, 0.4) is 0 Å². The lowest BCUT2D eigenvalue weighted by atomic mass is 9.99. The maximum Gasteiger partial charge on any atom is 0.198 e. The van der Waals surface area contributed by atoms with E-state index in [2.05, 4.69) is 13.8 Å². The monoisotopic (exact) mass is 295 g/mol. The molecule has 0 aliphatic heterocycles. The van der Waals surface area contributed by atoms with E-state index in [1.54, 1.807) is 0 Å². The fourth-order valence-electron chi connectivity index (χ4n) is 2.84. The van der Waals surface area contributed by atoms with Crippen LogP contribution in [0.2, 0.25) is 0 Å². The normalized spacial score (nSPS) is 12.5. The third-order valence-corrected chi connectivity index (χ3v) is 4.67. The van der Waals surface area contributed by atoms with Crippen molar-refractivity contribution in [2.75, 3.05) is 0 Å².